The number of benzene rings is 1. The molecule has 0 aromatic heterocycles. The number of carbonyl (C=O) groups excluding carboxylic acids is 2. The van der Waals surface area contributed by atoms with Gasteiger partial charge in [0.15, 0.2) is 0 Å². The van der Waals surface area contributed by atoms with E-state index >= 15 is 0 Å². The first kappa shape index (κ1) is 22.1. The molecule has 1 aromatic rings. The molecule has 2 N–H and O–H groups in total. The average molecular weight is 363 g/mol. The molecule has 6 heteroatoms. The van der Waals surface area contributed by atoms with Crippen LogP contribution in [-0.2, 0) is 11.2 Å². The molecule has 0 bridgehead atoms. The molecule has 0 unspecified atom stereocenters. The standard InChI is InChI=1S/C20H34N4O2/c1-23(2)14-6-5-8-19(25)16-17-9-11-18(12-10-17)22-20(26)21-13-7-15-24(3)4/h9-12H,5-8,13-16H2,1-4H3,(H2,21,22,26). The van der Waals surface area contributed by atoms with Crippen molar-refractivity contribution in [3.8, 4) is 0 Å². The molecule has 6 nitrogen and oxygen atoms in total. The minimum absolute atomic E-state index is 0.200. The third-order valence-corrected chi connectivity index (χ3v) is 3.99. The van der Waals surface area contributed by atoms with E-state index in [4.69, 9.17) is 0 Å². The normalized spacial score (nSPS) is 11.0. The molecule has 0 aliphatic carbocycles. The van der Waals surface area contributed by atoms with Crippen molar-refractivity contribution in [3.63, 3.8) is 0 Å². The summed E-state index contributed by atoms with van der Waals surface area (Å²) in [7, 11) is 8.11. The first-order valence-electron chi connectivity index (χ1n) is 9.32. The van der Waals surface area contributed by atoms with E-state index in [1.165, 1.54) is 0 Å². The topological polar surface area (TPSA) is 64.7 Å². The lowest BCUT2D eigenvalue weighted by Crippen LogP contribution is -2.31. The van der Waals surface area contributed by atoms with Crippen LogP contribution >= 0.6 is 0 Å². The van der Waals surface area contributed by atoms with Gasteiger partial charge in [-0.25, -0.2) is 4.79 Å². The third kappa shape index (κ3) is 10.8. The van der Waals surface area contributed by atoms with Crippen molar-refractivity contribution in [2.45, 2.75) is 32.1 Å². The van der Waals surface area contributed by atoms with Crippen LogP contribution in [0.15, 0.2) is 24.3 Å². The molecule has 0 heterocycles. The van der Waals surface area contributed by atoms with Crippen LogP contribution in [0.2, 0.25) is 0 Å². The van der Waals surface area contributed by atoms with Gasteiger partial charge in [-0.1, -0.05) is 12.1 Å². The lowest BCUT2D eigenvalue weighted by atomic mass is 10.0. The summed E-state index contributed by atoms with van der Waals surface area (Å²) in [6, 6.07) is 7.29. The number of nitrogens with zero attached hydrogens (tertiary/aromatic N) is 2. The fraction of sp³-hybridized carbons (Fsp3) is 0.600. The van der Waals surface area contributed by atoms with Gasteiger partial charge in [0.25, 0.3) is 0 Å². The Kier molecular flexibility index (Phi) is 10.6. The summed E-state index contributed by atoms with van der Waals surface area (Å²) in [5, 5.41) is 5.65. The number of Topliss-reactive ketones (excluding diaryl/α,β-unsaturated/α-hetero) is 1. The Hall–Kier alpha value is -1.92. The number of anilines is 1. The van der Waals surface area contributed by atoms with Crippen molar-refractivity contribution in [3.05, 3.63) is 29.8 Å². The summed E-state index contributed by atoms with van der Waals surface area (Å²) >= 11 is 0. The van der Waals surface area contributed by atoms with Crippen LogP contribution in [0.1, 0.15) is 31.2 Å². The molecule has 0 aliphatic rings. The van der Waals surface area contributed by atoms with Gasteiger partial charge in [-0.15, -0.1) is 0 Å². The number of nitrogens with one attached hydrogen (secondary N) is 2. The van der Waals surface area contributed by atoms with Gasteiger partial charge in [0.2, 0.25) is 0 Å². The first-order chi connectivity index (χ1) is 12.4. The maximum atomic E-state index is 12.0. The maximum Gasteiger partial charge on any atom is 0.319 e. The predicted molar refractivity (Wildman–Crippen MR) is 108 cm³/mol. The lowest BCUT2D eigenvalue weighted by Gasteiger charge is -2.11. The van der Waals surface area contributed by atoms with E-state index < -0.39 is 0 Å². The number of ketones is 1. The molecular weight excluding hydrogens is 328 g/mol. The Labute approximate surface area is 157 Å². The zero-order valence-electron chi connectivity index (χ0n) is 16.7. The molecule has 0 spiro atoms. The van der Waals surface area contributed by atoms with E-state index in [1.807, 2.05) is 52.5 Å². The number of carbonyl (C=O) groups is 2. The summed E-state index contributed by atoms with van der Waals surface area (Å²) in [5.41, 5.74) is 1.72. The number of rotatable bonds is 12. The number of unbranched alkanes of at least 4 members (excludes halogenated alkanes) is 1. The highest BCUT2D eigenvalue weighted by Crippen LogP contribution is 2.11. The second-order valence-corrected chi connectivity index (χ2v) is 7.21. The highest BCUT2D eigenvalue weighted by atomic mass is 16.2. The Morgan fingerprint density at radius 1 is 0.885 bits per heavy atom. The second kappa shape index (κ2) is 12.4. The van der Waals surface area contributed by atoms with Crippen LogP contribution in [0, 0.1) is 0 Å². The van der Waals surface area contributed by atoms with Gasteiger partial charge in [-0.3, -0.25) is 4.79 Å². The second-order valence-electron chi connectivity index (χ2n) is 7.21. The fourth-order valence-corrected chi connectivity index (χ4v) is 2.54. The van der Waals surface area contributed by atoms with Crippen molar-refractivity contribution < 1.29 is 9.59 Å². The quantitative estimate of drug-likeness (QED) is 0.561. The molecule has 26 heavy (non-hydrogen) atoms. The molecule has 146 valence electrons. The molecule has 1 rings (SSSR count). The van der Waals surface area contributed by atoms with Gasteiger partial charge < -0.3 is 20.4 Å². The summed E-state index contributed by atoms with van der Waals surface area (Å²) in [4.78, 5) is 28.1. The molecular formula is C20H34N4O2. The van der Waals surface area contributed by atoms with E-state index in [0.29, 0.717) is 19.4 Å². The minimum Gasteiger partial charge on any atom is -0.338 e. The largest absolute Gasteiger partial charge is 0.338 e. The molecule has 0 fully saturated rings. The van der Waals surface area contributed by atoms with Crippen molar-refractivity contribution in [1.82, 2.24) is 15.1 Å². The summed E-state index contributed by atoms with van der Waals surface area (Å²) in [6.07, 6.45) is 3.98. The number of amides is 2. The van der Waals surface area contributed by atoms with Crippen molar-refractivity contribution in [2.24, 2.45) is 0 Å². The number of hydrogen-bond donors (Lipinski definition) is 2. The van der Waals surface area contributed by atoms with Gasteiger partial charge in [0, 0.05) is 25.1 Å². The Morgan fingerprint density at radius 2 is 1.50 bits per heavy atom. The minimum atomic E-state index is -0.200. The van der Waals surface area contributed by atoms with Crippen molar-refractivity contribution in [1.29, 1.82) is 0 Å². The summed E-state index contributed by atoms with van der Waals surface area (Å²) in [6.45, 7) is 2.60. The fourth-order valence-electron chi connectivity index (χ4n) is 2.54. The van der Waals surface area contributed by atoms with Crippen molar-refractivity contribution >= 4 is 17.5 Å². The first-order valence-corrected chi connectivity index (χ1v) is 9.32. The van der Waals surface area contributed by atoms with Gasteiger partial charge in [-0.2, -0.15) is 0 Å². The van der Waals surface area contributed by atoms with Crippen LogP contribution in [0.4, 0.5) is 10.5 Å². The molecule has 0 atom stereocenters. The molecule has 0 saturated heterocycles. The van der Waals surface area contributed by atoms with Crippen LogP contribution in [0.5, 0.6) is 0 Å². The maximum absolute atomic E-state index is 12.0. The molecule has 0 saturated carbocycles. The van der Waals surface area contributed by atoms with Crippen LogP contribution < -0.4 is 10.6 Å². The molecule has 2 amide bonds. The van der Waals surface area contributed by atoms with Crippen LogP contribution in [-0.4, -0.2) is 69.4 Å². The Bertz CT molecular complexity index is 492. The number of urea groups is 1. The smallest absolute Gasteiger partial charge is 0.319 e. The summed E-state index contributed by atoms with van der Waals surface area (Å²) in [5.74, 6) is 0.267. The van der Waals surface area contributed by atoms with Crippen LogP contribution in [0.25, 0.3) is 0 Å². The molecule has 0 radical (unpaired) electrons. The highest BCUT2D eigenvalue weighted by Gasteiger charge is 2.05. The molecule has 1 aromatic carbocycles. The molecule has 0 aliphatic heterocycles. The lowest BCUT2D eigenvalue weighted by molar-refractivity contribution is -0.118. The zero-order valence-corrected chi connectivity index (χ0v) is 16.7. The summed E-state index contributed by atoms with van der Waals surface area (Å²) < 4.78 is 0. The average Bonchev–Trinajstić information content (AvgIpc) is 2.57. The predicted octanol–water partition coefficient (Wildman–Crippen LogP) is 2.60. The highest BCUT2D eigenvalue weighted by molar-refractivity contribution is 5.89. The van der Waals surface area contributed by atoms with Crippen LogP contribution in [0.3, 0.4) is 0 Å². The van der Waals surface area contributed by atoms with Gasteiger partial charge in [0.1, 0.15) is 5.78 Å². The Morgan fingerprint density at radius 3 is 2.12 bits per heavy atom. The number of hydrogen-bond acceptors (Lipinski definition) is 4. The van der Waals surface area contributed by atoms with Gasteiger partial charge >= 0.3 is 6.03 Å². The zero-order chi connectivity index (χ0) is 19.4. The van der Waals surface area contributed by atoms with Gasteiger partial charge in [0.05, 0.1) is 0 Å². The van der Waals surface area contributed by atoms with E-state index in [9.17, 15) is 9.59 Å². The third-order valence-electron chi connectivity index (χ3n) is 3.99. The monoisotopic (exact) mass is 362 g/mol. The Balaban J connectivity index is 2.27. The van der Waals surface area contributed by atoms with E-state index in [1.54, 1.807) is 0 Å². The van der Waals surface area contributed by atoms with E-state index in [2.05, 4.69) is 20.4 Å². The van der Waals surface area contributed by atoms with E-state index in [-0.39, 0.29) is 11.8 Å². The SMILES string of the molecule is CN(C)CCCCC(=O)Cc1ccc(NC(=O)NCCCN(C)C)cc1. The van der Waals surface area contributed by atoms with E-state index in [0.717, 1.165) is 43.6 Å². The van der Waals surface area contributed by atoms with Gasteiger partial charge in [-0.05, 0) is 78.2 Å². The van der Waals surface area contributed by atoms with Crippen molar-refractivity contribution in [2.75, 3.05) is 53.1 Å².